The maximum atomic E-state index is 13.2. The fourth-order valence-electron chi connectivity index (χ4n) is 3.42. The number of nitrogens with zero attached hydrogens (tertiary/aromatic N) is 3. The van der Waals surface area contributed by atoms with Crippen molar-refractivity contribution in [3.63, 3.8) is 0 Å². The van der Waals surface area contributed by atoms with Gasteiger partial charge >= 0.3 is 0 Å². The van der Waals surface area contributed by atoms with Gasteiger partial charge in [0.2, 0.25) is 5.91 Å². The highest BCUT2D eigenvalue weighted by Gasteiger charge is 2.18. The molecule has 2 heterocycles. The van der Waals surface area contributed by atoms with Crippen molar-refractivity contribution in [2.45, 2.75) is 18.6 Å². The molecule has 34 heavy (non-hydrogen) atoms. The summed E-state index contributed by atoms with van der Waals surface area (Å²) in [5.74, 6) is -0.377. The van der Waals surface area contributed by atoms with Gasteiger partial charge in [-0.3, -0.25) is 24.3 Å². The van der Waals surface area contributed by atoms with Crippen LogP contribution >= 0.6 is 23.1 Å². The highest BCUT2D eigenvalue weighted by atomic mass is 32.2. The third kappa shape index (κ3) is 4.78. The van der Waals surface area contributed by atoms with Crippen molar-refractivity contribution in [1.82, 2.24) is 9.55 Å². The Bertz CT molecular complexity index is 1460. The number of carbonyl (C=O) groups is 1. The van der Waals surface area contributed by atoms with Gasteiger partial charge in [0.1, 0.15) is 4.83 Å². The molecule has 0 unspecified atom stereocenters. The summed E-state index contributed by atoms with van der Waals surface area (Å²) in [4.78, 5) is 42.6. The minimum atomic E-state index is -0.489. The Morgan fingerprint density at radius 3 is 2.74 bits per heavy atom. The van der Waals surface area contributed by atoms with Crippen molar-refractivity contribution in [2.75, 3.05) is 11.1 Å². The van der Waals surface area contributed by atoms with Crippen LogP contribution in [0.1, 0.15) is 5.56 Å². The van der Waals surface area contributed by atoms with Crippen LogP contribution in [0.5, 0.6) is 0 Å². The molecule has 0 saturated heterocycles. The zero-order valence-electron chi connectivity index (χ0n) is 18.2. The number of fused-ring (bicyclic) bond motifs is 1. The monoisotopic (exact) mass is 492 g/mol. The Labute approximate surface area is 203 Å². The quantitative estimate of drug-likeness (QED) is 0.118. The summed E-state index contributed by atoms with van der Waals surface area (Å²) in [7, 11) is 0. The molecule has 4 rings (SSSR count). The number of nitrogens with one attached hydrogen (secondary N) is 1. The van der Waals surface area contributed by atoms with Crippen LogP contribution in [0.15, 0.2) is 77.2 Å². The predicted molar refractivity (Wildman–Crippen MR) is 137 cm³/mol. The number of amides is 1. The van der Waals surface area contributed by atoms with Crippen LogP contribution < -0.4 is 10.9 Å². The molecule has 8 nitrogen and oxygen atoms in total. The van der Waals surface area contributed by atoms with Gasteiger partial charge < -0.3 is 5.32 Å². The van der Waals surface area contributed by atoms with E-state index in [1.807, 2.05) is 36.4 Å². The Balaban J connectivity index is 1.60. The minimum Gasteiger partial charge on any atom is -0.325 e. The van der Waals surface area contributed by atoms with Crippen LogP contribution in [-0.4, -0.2) is 26.1 Å². The van der Waals surface area contributed by atoms with Crippen LogP contribution in [0.3, 0.4) is 0 Å². The van der Waals surface area contributed by atoms with E-state index in [4.69, 9.17) is 0 Å². The Morgan fingerprint density at radius 2 is 2.03 bits per heavy atom. The largest absolute Gasteiger partial charge is 0.325 e. The lowest BCUT2D eigenvalue weighted by atomic mass is 10.1. The summed E-state index contributed by atoms with van der Waals surface area (Å²) < 4.78 is 1.49. The molecule has 0 aliphatic carbocycles. The zero-order chi connectivity index (χ0) is 24.2. The van der Waals surface area contributed by atoms with E-state index < -0.39 is 4.92 Å². The number of nitro groups is 1. The van der Waals surface area contributed by atoms with E-state index in [0.717, 1.165) is 22.2 Å². The third-order valence-electron chi connectivity index (χ3n) is 5.09. The average Bonchev–Trinajstić information content (AvgIpc) is 3.26. The van der Waals surface area contributed by atoms with Gasteiger partial charge in [-0.25, -0.2) is 4.98 Å². The highest BCUT2D eigenvalue weighted by Crippen LogP contribution is 2.32. The summed E-state index contributed by atoms with van der Waals surface area (Å²) in [6.07, 6.45) is 1.61. The molecule has 0 radical (unpaired) electrons. The van der Waals surface area contributed by atoms with Gasteiger partial charge in [-0.15, -0.1) is 17.9 Å². The lowest BCUT2D eigenvalue weighted by Crippen LogP contribution is -2.23. The summed E-state index contributed by atoms with van der Waals surface area (Å²) in [5, 5.41) is 14.8. The van der Waals surface area contributed by atoms with Crippen molar-refractivity contribution < 1.29 is 9.72 Å². The Kier molecular flexibility index (Phi) is 6.90. The first-order valence-electron chi connectivity index (χ1n) is 10.3. The number of allylic oxidation sites excluding steroid dienone is 1. The van der Waals surface area contributed by atoms with E-state index in [1.54, 1.807) is 19.1 Å². The third-order valence-corrected chi connectivity index (χ3v) is 7.15. The summed E-state index contributed by atoms with van der Waals surface area (Å²) in [6.45, 7) is 5.56. The number of rotatable bonds is 8. The molecule has 0 atom stereocenters. The second-order valence-electron chi connectivity index (χ2n) is 7.34. The van der Waals surface area contributed by atoms with Crippen molar-refractivity contribution in [3.8, 4) is 10.4 Å². The highest BCUT2D eigenvalue weighted by molar-refractivity contribution is 7.99. The minimum absolute atomic E-state index is 0.0197. The first-order chi connectivity index (χ1) is 16.4. The number of nitro benzene ring substituents is 1. The lowest BCUT2D eigenvalue weighted by molar-refractivity contribution is -0.385. The molecule has 0 aliphatic rings. The SMILES string of the molecule is C=CCn1c(SCC(=O)Nc2cccc([N+](=O)[O-])c2C)nc2sc(-c3ccccc3)cc2c1=O. The first kappa shape index (κ1) is 23.4. The topological polar surface area (TPSA) is 107 Å². The molecule has 2 aromatic heterocycles. The number of aromatic nitrogens is 2. The summed E-state index contributed by atoms with van der Waals surface area (Å²) in [6, 6.07) is 16.1. The molecule has 1 amide bonds. The zero-order valence-corrected chi connectivity index (χ0v) is 19.8. The smallest absolute Gasteiger partial charge is 0.274 e. The molecule has 0 fully saturated rings. The second-order valence-corrected chi connectivity index (χ2v) is 9.31. The average molecular weight is 493 g/mol. The molecule has 0 spiro atoms. The van der Waals surface area contributed by atoms with E-state index in [2.05, 4.69) is 16.9 Å². The van der Waals surface area contributed by atoms with Crippen molar-refractivity contribution in [3.05, 3.63) is 93.3 Å². The van der Waals surface area contributed by atoms with Gasteiger partial charge in [0.05, 0.1) is 27.3 Å². The standard InChI is InChI=1S/C24H20N4O4S2/c1-3-12-27-23(30)17-13-20(16-8-5-4-6-9-16)34-22(17)26-24(27)33-14-21(29)25-18-10-7-11-19(15(18)2)28(31)32/h3-11,13H,1,12,14H2,2H3,(H,25,29). The fraction of sp³-hybridized carbons (Fsp3) is 0.125. The number of anilines is 1. The van der Waals surface area contributed by atoms with Crippen molar-refractivity contribution in [1.29, 1.82) is 0 Å². The van der Waals surface area contributed by atoms with Crippen molar-refractivity contribution >= 4 is 50.6 Å². The van der Waals surface area contributed by atoms with Crippen LogP contribution in [0.25, 0.3) is 20.7 Å². The van der Waals surface area contributed by atoms with Gasteiger partial charge in [-0.2, -0.15) is 0 Å². The van der Waals surface area contributed by atoms with Gasteiger partial charge in [0.25, 0.3) is 11.2 Å². The van der Waals surface area contributed by atoms with Gasteiger partial charge in [0.15, 0.2) is 5.16 Å². The van der Waals surface area contributed by atoms with E-state index in [-0.39, 0.29) is 29.5 Å². The number of benzene rings is 2. The normalized spacial score (nSPS) is 10.9. The number of hydrogen-bond acceptors (Lipinski definition) is 7. The Morgan fingerprint density at radius 1 is 1.26 bits per heavy atom. The van der Waals surface area contributed by atoms with Crippen molar-refractivity contribution in [2.24, 2.45) is 0 Å². The summed E-state index contributed by atoms with van der Waals surface area (Å²) >= 11 is 2.55. The molecule has 0 bridgehead atoms. The van der Waals surface area contributed by atoms with Crippen LogP contribution in [-0.2, 0) is 11.3 Å². The molecular weight excluding hydrogens is 472 g/mol. The van der Waals surface area contributed by atoms with Crippen LogP contribution in [0.2, 0.25) is 0 Å². The molecule has 172 valence electrons. The van der Waals surface area contributed by atoms with Gasteiger partial charge in [0, 0.05) is 17.5 Å². The van der Waals surface area contributed by atoms with E-state index >= 15 is 0 Å². The fourth-order valence-corrected chi connectivity index (χ4v) is 5.30. The first-order valence-corrected chi connectivity index (χ1v) is 12.1. The van der Waals surface area contributed by atoms with Gasteiger partial charge in [-0.05, 0) is 24.6 Å². The Hall–Kier alpha value is -3.76. The van der Waals surface area contributed by atoms with Crippen LogP contribution in [0, 0.1) is 17.0 Å². The second kappa shape index (κ2) is 10.0. The van der Waals surface area contributed by atoms with Crippen LogP contribution in [0.4, 0.5) is 11.4 Å². The molecule has 0 aliphatic heterocycles. The number of hydrogen-bond donors (Lipinski definition) is 1. The van der Waals surface area contributed by atoms with Gasteiger partial charge in [-0.1, -0.05) is 54.2 Å². The molecule has 2 aromatic carbocycles. The summed E-state index contributed by atoms with van der Waals surface area (Å²) in [5.41, 5.74) is 1.49. The molecular formula is C24H20N4O4S2. The molecule has 1 N–H and O–H groups in total. The maximum absolute atomic E-state index is 13.2. The van der Waals surface area contributed by atoms with E-state index in [1.165, 1.54) is 28.0 Å². The molecule has 0 saturated carbocycles. The number of carbonyl (C=O) groups excluding carboxylic acids is 1. The molecule has 10 heteroatoms. The van der Waals surface area contributed by atoms with E-state index in [0.29, 0.717) is 26.6 Å². The maximum Gasteiger partial charge on any atom is 0.274 e. The molecule has 4 aromatic rings. The predicted octanol–water partition coefficient (Wildman–Crippen LogP) is 5.26. The number of thiophene rings is 1. The lowest BCUT2D eigenvalue weighted by Gasteiger charge is -2.11. The number of thioether (sulfide) groups is 1. The van der Waals surface area contributed by atoms with E-state index in [9.17, 15) is 19.7 Å².